The van der Waals surface area contributed by atoms with E-state index in [-0.39, 0.29) is 0 Å². The number of nitrogens with zero attached hydrogens (tertiary/aromatic N) is 1. The first-order chi connectivity index (χ1) is 64.9. The van der Waals surface area contributed by atoms with E-state index in [0.717, 1.165) is 16.6 Å². The summed E-state index contributed by atoms with van der Waals surface area (Å²) < 4.78 is 14.3. The largest absolute Gasteiger partial charge is 0.309 e. The molecule has 0 N–H and O–H groups in total. The van der Waals surface area contributed by atoms with E-state index >= 15 is 0 Å². The summed E-state index contributed by atoms with van der Waals surface area (Å²) in [5.41, 5.74) is 29.5. The molecule has 0 atom stereocenters. The maximum absolute atomic E-state index is 3.56. The van der Waals surface area contributed by atoms with Crippen LogP contribution in [0.4, 0.5) is 0 Å². The van der Waals surface area contributed by atoms with Crippen LogP contribution in [0.1, 0.15) is 11.1 Å². The first kappa shape index (κ1) is 77.2. The van der Waals surface area contributed by atoms with Crippen molar-refractivity contribution in [1.29, 1.82) is 0 Å². The van der Waals surface area contributed by atoms with Gasteiger partial charge in [0.15, 0.2) is 0 Å². The molecule has 612 valence electrons. The molecule has 1 nitrogen and oxygen atoms in total. The van der Waals surface area contributed by atoms with E-state index in [1.807, 2.05) is 45.3 Å². The molecule has 27 aromatic rings. The molecule has 0 spiro atoms. The summed E-state index contributed by atoms with van der Waals surface area (Å²) in [6.07, 6.45) is 1.01. The van der Waals surface area contributed by atoms with Gasteiger partial charge >= 0.3 is 0 Å². The molecule has 1 aliphatic rings. The van der Waals surface area contributed by atoms with Gasteiger partial charge < -0.3 is 4.57 Å². The molecule has 5 heterocycles. The van der Waals surface area contributed by atoms with Crippen molar-refractivity contribution in [1.82, 2.24) is 4.57 Å². The van der Waals surface area contributed by atoms with Gasteiger partial charge in [-0.25, -0.2) is 0 Å². The van der Waals surface area contributed by atoms with Crippen LogP contribution in [0, 0.1) is 0 Å². The Bertz CT molecular complexity index is 8880. The Balaban J connectivity index is 0.000000115. The molecule has 28 rings (SSSR count). The lowest BCUT2D eigenvalue weighted by atomic mass is 9.86. The van der Waals surface area contributed by atoms with Crippen LogP contribution in [0.15, 0.2) is 453 Å². The first-order valence-corrected chi connectivity index (χ1v) is 48.8. The number of thiophene rings is 4. The summed E-state index contributed by atoms with van der Waals surface area (Å²) in [7, 11) is 0. The minimum Gasteiger partial charge on any atom is -0.309 e. The van der Waals surface area contributed by atoms with Crippen molar-refractivity contribution in [2.75, 3.05) is 0 Å². The second-order valence-corrected chi connectivity index (χ2v) is 39.4. The number of hydrogen-bond acceptors (Lipinski definition) is 4. The Hall–Kier alpha value is -15.0. The molecule has 0 amide bonds. The summed E-state index contributed by atoms with van der Waals surface area (Å²) >= 11 is 11.2. The summed E-state index contributed by atoms with van der Waals surface area (Å²) in [4.78, 5) is 0. The zero-order chi connectivity index (χ0) is 86.3. The molecule has 0 unspecified atom stereocenters. The number of hydrogen-bond donors (Lipinski definition) is 0. The third-order valence-corrected chi connectivity index (χ3v) is 32.5. The number of benzene rings is 22. The van der Waals surface area contributed by atoms with Crippen LogP contribution in [0.25, 0.3) is 251 Å². The summed E-state index contributed by atoms with van der Waals surface area (Å²) in [6.45, 7) is 0. The summed E-state index contributed by atoms with van der Waals surface area (Å²) in [6, 6.07) is 165. The quantitative estimate of drug-likeness (QED) is 0.127. The van der Waals surface area contributed by atoms with Crippen molar-refractivity contribution in [3.8, 4) is 106 Å². The highest BCUT2D eigenvalue weighted by atomic mass is 79.9. The lowest BCUT2D eigenvalue weighted by molar-refractivity contribution is 1.18. The molecule has 0 saturated heterocycles. The molecule has 6 heteroatoms. The van der Waals surface area contributed by atoms with Gasteiger partial charge in [0.25, 0.3) is 0 Å². The van der Waals surface area contributed by atoms with Gasteiger partial charge in [0, 0.05) is 102 Å². The molecule has 1 aliphatic carbocycles. The van der Waals surface area contributed by atoms with Gasteiger partial charge in [0.05, 0.1) is 11.0 Å². The van der Waals surface area contributed by atoms with Crippen LogP contribution >= 0.6 is 61.3 Å². The van der Waals surface area contributed by atoms with Crippen molar-refractivity contribution in [3.63, 3.8) is 0 Å². The average molecular weight is 1800 g/mol. The molecule has 0 bridgehead atoms. The second-order valence-electron chi connectivity index (χ2n) is 34.3. The predicted molar refractivity (Wildman–Crippen MR) is 575 cm³/mol. The van der Waals surface area contributed by atoms with Crippen LogP contribution in [0.2, 0.25) is 0 Å². The summed E-state index contributed by atoms with van der Waals surface area (Å²) in [5.74, 6) is 0. The third-order valence-electron chi connectivity index (χ3n) is 27.1. The topological polar surface area (TPSA) is 4.93 Å². The van der Waals surface area contributed by atoms with Crippen molar-refractivity contribution in [3.05, 3.63) is 465 Å². The standard InChI is InChI=1S/C62H37NS2.C37H22S2.C26H17Br/c1-2-14-38(15-3-1)59-47-18-4-6-20-49(47)60(50-21-7-5-19-48(50)59)39-28-32-42(33-29-39)63-55-34-30-40(43-22-12-24-51-45-16-8-10-26-57(45)64-61(43)51)36-53(55)54-37-41(31-35-56(54)63)44-23-13-25-52-46-17-9-11-27-58(46)65-62(44)52;1-3-13-34-28(7-1)30-11-5-9-26(36(30)38-34)24-17-15-22-19-23-16-18-25(21-33(23)32(22)20-24)27-10-6-12-31-29-8-2-4-14-35(29)39-37(27)31;27-20-16-14-19(15-17-20)26-23-12-6-4-10-21(23)25(18-8-2-1-3-9-18)22-11-5-7-13-24(22)26/h1-37H;1-18,20-21H,19H2;1-17H. The Morgan fingerprint density at radius 2 is 0.420 bits per heavy atom. The molecule has 22 aromatic carbocycles. The van der Waals surface area contributed by atoms with E-state index in [0.29, 0.717) is 0 Å². The van der Waals surface area contributed by atoms with Crippen LogP contribution in [-0.2, 0) is 6.42 Å². The molecule has 0 saturated carbocycles. The SMILES string of the molecule is Brc1ccc(-c2c3ccccc3c(-c3ccccc3)c3ccccc23)cc1.c1ccc(-c2c3ccccc3c(-c3ccc(-n4c5ccc(-c6cccc7c6sc6ccccc67)cc5c5cc(-c6cccc7c6sc6ccccc67)ccc54)cc3)c3ccccc23)cc1.c1ccc2c(c1)sc1c(-c3ccc4c(c3)-c3cc(-c5cccc6c5sc5ccccc56)ccc3C4)cccc12. The van der Waals surface area contributed by atoms with Crippen molar-refractivity contribution >= 4 is 207 Å². The van der Waals surface area contributed by atoms with E-state index < -0.39 is 0 Å². The summed E-state index contributed by atoms with van der Waals surface area (Å²) in [5, 5.41) is 23.4. The second kappa shape index (κ2) is 31.8. The van der Waals surface area contributed by atoms with Gasteiger partial charge in [-0.3, -0.25) is 0 Å². The first-order valence-electron chi connectivity index (χ1n) is 44.7. The smallest absolute Gasteiger partial charge is 0.0541 e. The highest BCUT2D eigenvalue weighted by Gasteiger charge is 2.26. The maximum Gasteiger partial charge on any atom is 0.0541 e. The molecule has 5 aromatic heterocycles. The predicted octanol–water partition coefficient (Wildman–Crippen LogP) is 37.9. The van der Waals surface area contributed by atoms with Gasteiger partial charge in [-0.15, -0.1) is 45.3 Å². The third kappa shape index (κ3) is 12.9. The Morgan fingerprint density at radius 3 is 0.733 bits per heavy atom. The van der Waals surface area contributed by atoms with E-state index in [9.17, 15) is 0 Å². The molecule has 0 fully saturated rings. The van der Waals surface area contributed by atoms with Gasteiger partial charge in [0.1, 0.15) is 0 Å². The molecule has 0 radical (unpaired) electrons. The Kier molecular flexibility index (Phi) is 18.7. The van der Waals surface area contributed by atoms with Gasteiger partial charge in [-0.1, -0.05) is 380 Å². The van der Waals surface area contributed by atoms with E-state index in [2.05, 4.69) is 469 Å². The lowest BCUT2D eigenvalue weighted by Crippen LogP contribution is -1.95. The van der Waals surface area contributed by atoms with Crippen molar-refractivity contribution < 1.29 is 0 Å². The maximum atomic E-state index is 3.56. The highest BCUT2D eigenvalue weighted by Crippen LogP contribution is 2.52. The fraction of sp³-hybridized carbons (Fsp3) is 0.00800. The van der Waals surface area contributed by atoms with Crippen LogP contribution < -0.4 is 0 Å². The fourth-order valence-electron chi connectivity index (χ4n) is 21.1. The van der Waals surface area contributed by atoms with Gasteiger partial charge in [0.2, 0.25) is 0 Å². The van der Waals surface area contributed by atoms with E-state index in [4.69, 9.17) is 0 Å². The Labute approximate surface area is 781 Å². The zero-order valence-electron chi connectivity index (χ0n) is 70.9. The zero-order valence-corrected chi connectivity index (χ0v) is 75.7. The number of fused-ring (bicyclic) bond motifs is 22. The minimum absolute atomic E-state index is 1.01. The molecular weight excluding hydrogens is 1720 g/mol. The number of aromatic nitrogens is 1. The minimum atomic E-state index is 1.01. The van der Waals surface area contributed by atoms with E-state index in [1.54, 1.807) is 0 Å². The van der Waals surface area contributed by atoms with Crippen LogP contribution in [0.5, 0.6) is 0 Å². The van der Waals surface area contributed by atoms with Crippen LogP contribution in [0.3, 0.4) is 0 Å². The molecule has 131 heavy (non-hydrogen) atoms. The molecular formula is C125H76BrNS4. The van der Waals surface area contributed by atoms with Gasteiger partial charge in [-0.2, -0.15) is 0 Å². The van der Waals surface area contributed by atoms with Crippen molar-refractivity contribution in [2.24, 2.45) is 0 Å². The van der Waals surface area contributed by atoms with Crippen molar-refractivity contribution in [2.45, 2.75) is 6.42 Å². The van der Waals surface area contributed by atoms with E-state index in [1.165, 1.54) is 257 Å². The van der Waals surface area contributed by atoms with Gasteiger partial charge in [-0.05, 0) is 246 Å². The average Bonchev–Trinajstić information content (AvgIpc) is 1.58. The monoisotopic (exact) mass is 1800 g/mol. The lowest BCUT2D eigenvalue weighted by Gasteiger charge is -2.18. The van der Waals surface area contributed by atoms with Crippen LogP contribution in [-0.4, -0.2) is 4.57 Å². The fourth-order valence-corrected chi connectivity index (χ4v) is 26.4. The number of rotatable bonds is 9. The highest BCUT2D eigenvalue weighted by molar-refractivity contribution is 9.10. The normalized spacial score (nSPS) is 12.0. The molecule has 0 aliphatic heterocycles. The number of halogens is 1. The Morgan fingerprint density at radius 1 is 0.176 bits per heavy atom.